The molecule has 7 heteroatoms. The molecule has 0 saturated carbocycles. The molecule has 0 aromatic carbocycles. The van der Waals surface area contributed by atoms with Gasteiger partial charge in [0, 0.05) is 0 Å². The molecule has 0 fully saturated rings. The molecule has 1 N–H and O–H groups in total. The van der Waals surface area contributed by atoms with Crippen LogP contribution in [0.2, 0.25) is 0 Å². The third kappa shape index (κ3) is 3.10. The number of hydrogen-bond acceptors (Lipinski definition) is 4. The van der Waals surface area contributed by atoms with Crippen molar-refractivity contribution < 1.29 is 19.1 Å². The predicted octanol–water partition coefficient (Wildman–Crippen LogP) is 2.89. The number of rotatable bonds is 4. The Morgan fingerprint density at radius 1 is 1.00 bits per heavy atom. The van der Waals surface area contributed by atoms with Crippen molar-refractivity contribution in [3.8, 4) is 0 Å². The van der Waals surface area contributed by atoms with E-state index in [9.17, 15) is 9.59 Å². The summed E-state index contributed by atoms with van der Waals surface area (Å²) in [5.74, 6) is -1.16. The van der Waals surface area contributed by atoms with Gasteiger partial charge < -0.3 is 14.5 Å². The van der Waals surface area contributed by atoms with E-state index in [4.69, 9.17) is 9.47 Å². The maximum Gasteiger partial charge on any atom is 0.341 e. The highest BCUT2D eigenvalue weighted by Gasteiger charge is 2.27. The molecule has 0 atom stereocenters. The number of aromatic amines is 1. The van der Waals surface area contributed by atoms with Crippen LogP contribution in [0.15, 0.2) is 9.21 Å². The molecule has 1 aromatic rings. The number of ether oxygens (including phenoxy) is 2. The Bertz CT molecular complexity index is 403. The Morgan fingerprint density at radius 2 is 1.35 bits per heavy atom. The lowest BCUT2D eigenvalue weighted by Gasteiger charge is -2.04. The summed E-state index contributed by atoms with van der Waals surface area (Å²) < 4.78 is 10.5. The van der Waals surface area contributed by atoms with Gasteiger partial charge in [-0.05, 0) is 45.7 Å². The molecule has 17 heavy (non-hydrogen) atoms. The van der Waals surface area contributed by atoms with E-state index in [0.717, 1.165) is 0 Å². The Morgan fingerprint density at radius 3 is 1.65 bits per heavy atom. The lowest BCUT2D eigenvalue weighted by Crippen LogP contribution is -2.12. The summed E-state index contributed by atoms with van der Waals surface area (Å²) in [7, 11) is 0. The average Bonchev–Trinajstić information content (AvgIpc) is 2.54. The van der Waals surface area contributed by atoms with E-state index in [-0.39, 0.29) is 24.3 Å². The van der Waals surface area contributed by atoms with Crippen molar-refractivity contribution in [1.82, 2.24) is 4.98 Å². The molecular weight excluding hydrogens is 358 g/mol. The van der Waals surface area contributed by atoms with Crippen LogP contribution in [-0.2, 0) is 9.47 Å². The predicted molar refractivity (Wildman–Crippen MR) is 68.1 cm³/mol. The fourth-order valence-electron chi connectivity index (χ4n) is 1.23. The first kappa shape index (κ1) is 14.2. The highest BCUT2D eigenvalue weighted by Crippen LogP contribution is 2.29. The number of hydrogen-bond donors (Lipinski definition) is 1. The zero-order valence-corrected chi connectivity index (χ0v) is 12.5. The maximum atomic E-state index is 11.7. The fraction of sp³-hybridized carbons (Fsp3) is 0.400. The monoisotopic (exact) mass is 367 g/mol. The van der Waals surface area contributed by atoms with Gasteiger partial charge in [0.25, 0.3) is 0 Å². The van der Waals surface area contributed by atoms with Gasteiger partial charge in [-0.2, -0.15) is 0 Å². The first-order valence-corrected chi connectivity index (χ1v) is 6.52. The van der Waals surface area contributed by atoms with Crippen LogP contribution in [0, 0.1) is 0 Å². The quantitative estimate of drug-likeness (QED) is 0.829. The van der Waals surface area contributed by atoms with Crippen LogP contribution in [-0.4, -0.2) is 30.1 Å². The number of carbonyl (C=O) groups excluding carboxylic acids is 2. The fourth-order valence-corrected chi connectivity index (χ4v) is 2.61. The second-order valence-electron chi connectivity index (χ2n) is 2.94. The summed E-state index contributed by atoms with van der Waals surface area (Å²) in [6.07, 6.45) is 0. The third-order valence-corrected chi connectivity index (χ3v) is 3.06. The van der Waals surface area contributed by atoms with E-state index in [2.05, 4.69) is 36.8 Å². The molecular formula is C10H11Br2NO4. The van der Waals surface area contributed by atoms with Crippen LogP contribution in [0.4, 0.5) is 0 Å². The van der Waals surface area contributed by atoms with Crippen LogP contribution in [0.5, 0.6) is 0 Å². The van der Waals surface area contributed by atoms with Crippen molar-refractivity contribution in [2.45, 2.75) is 13.8 Å². The molecule has 94 valence electrons. The van der Waals surface area contributed by atoms with Crippen molar-refractivity contribution >= 4 is 43.8 Å². The largest absolute Gasteiger partial charge is 0.462 e. The molecule has 5 nitrogen and oxygen atoms in total. The van der Waals surface area contributed by atoms with E-state index in [1.165, 1.54) is 0 Å². The number of H-pyrrole nitrogens is 1. The first-order valence-electron chi connectivity index (χ1n) is 4.94. The lowest BCUT2D eigenvalue weighted by molar-refractivity contribution is 0.0479. The smallest absolute Gasteiger partial charge is 0.341 e. The maximum absolute atomic E-state index is 11.7. The van der Waals surface area contributed by atoms with Gasteiger partial charge in [0.2, 0.25) is 0 Å². The minimum atomic E-state index is -0.579. The number of nitrogens with one attached hydrogen (secondary N) is 1. The van der Waals surface area contributed by atoms with Gasteiger partial charge in [-0.3, -0.25) is 0 Å². The Labute approximate surface area is 115 Å². The molecule has 1 rings (SSSR count). The summed E-state index contributed by atoms with van der Waals surface area (Å²) in [4.78, 5) is 26.2. The SMILES string of the molecule is CCOC(=O)c1c(Br)[nH]c(Br)c1C(=O)OCC. The van der Waals surface area contributed by atoms with Crippen LogP contribution >= 0.6 is 31.9 Å². The van der Waals surface area contributed by atoms with E-state index in [1.54, 1.807) is 13.8 Å². The summed E-state index contributed by atoms with van der Waals surface area (Å²) in [5, 5.41) is 0. The molecule has 0 aliphatic carbocycles. The van der Waals surface area contributed by atoms with Crippen LogP contribution in [0.25, 0.3) is 0 Å². The van der Waals surface area contributed by atoms with E-state index >= 15 is 0 Å². The Kier molecular flexibility index (Phi) is 5.20. The minimum Gasteiger partial charge on any atom is -0.462 e. The van der Waals surface area contributed by atoms with Crippen LogP contribution < -0.4 is 0 Å². The highest BCUT2D eigenvalue weighted by molar-refractivity contribution is 9.11. The topological polar surface area (TPSA) is 68.4 Å². The first-order chi connectivity index (χ1) is 8.02. The second kappa shape index (κ2) is 6.20. The zero-order valence-electron chi connectivity index (χ0n) is 9.30. The summed E-state index contributed by atoms with van der Waals surface area (Å²) in [5.41, 5.74) is 0.273. The van der Waals surface area contributed by atoms with E-state index < -0.39 is 11.9 Å². The van der Waals surface area contributed by atoms with Gasteiger partial charge in [0.05, 0.1) is 22.4 Å². The number of aromatic nitrogens is 1. The van der Waals surface area contributed by atoms with Gasteiger partial charge in [0.1, 0.15) is 11.1 Å². The van der Waals surface area contributed by atoms with Gasteiger partial charge in [-0.25, -0.2) is 9.59 Å². The van der Waals surface area contributed by atoms with Gasteiger partial charge in [0.15, 0.2) is 0 Å². The third-order valence-electron chi connectivity index (χ3n) is 1.87. The Balaban J connectivity index is 3.19. The lowest BCUT2D eigenvalue weighted by atomic mass is 10.2. The van der Waals surface area contributed by atoms with Crippen molar-refractivity contribution in [2.24, 2.45) is 0 Å². The Hall–Kier alpha value is -0.820. The second-order valence-corrected chi connectivity index (χ2v) is 4.53. The molecule has 1 heterocycles. The van der Waals surface area contributed by atoms with Crippen molar-refractivity contribution in [2.75, 3.05) is 13.2 Å². The van der Waals surface area contributed by atoms with Crippen molar-refractivity contribution in [3.63, 3.8) is 0 Å². The van der Waals surface area contributed by atoms with Crippen LogP contribution in [0.1, 0.15) is 34.6 Å². The normalized spacial score (nSPS) is 10.1. The molecule has 0 radical (unpaired) electrons. The molecule has 0 aliphatic rings. The van der Waals surface area contributed by atoms with E-state index in [0.29, 0.717) is 9.21 Å². The molecule has 0 aliphatic heterocycles. The molecule has 0 bridgehead atoms. The minimum absolute atomic E-state index is 0.136. The molecule has 0 spiro atoms. The highest BCUT2D eigenvalue weighted by atomic mass is 79.9. The van der Waals surface area contributed by atoms with Gasteiger partial charge in [-0.1, -0.05) is 0 Å². The van der Waals surface area contributed by atoms with Gasteiger partial charge >= 0.3 is 11.9 Å². The number of carbonyl (C=O) groups is 2. The standard InChI is InChI=1S/C10H11Br2NO4/c1-3-16-9(14)5-6(10(15)17-4-2)8(12)13-7(5)11/h13H,3-4H2,1-2H3. The van der Waals surface area contributed by atoms with Crippen molar-refractivity contribution in [1.29, 1.82) is 0 Å². The summed E-state index contributed by atoms with van der Waals surface area (Å²) >= 11 is 6.33. The van der Waals surface area contributed by atoms with Gasteiger partial charge in [-0.15, -0.1) is 0 Å². The zero-order chi connectivity index (χ0) is 13.0. The molecule has 0 unspecified atom stereocenters. The number of halogens is 2. The summed E-state index contributed by atoms with van der Waals surface area (Å²) in [6.45, 7) is 3.85. The molecule has 0 amide bonds. The van der Waals surface area contributed by atoms with E-state index in [1.807, 2.05) is 0 Å². The van der Waals surface area contributed by atoms with Crippen molar-refractivity contribution in [3.05, 3.63) is 20.3 Å². The molecule has 1 aromatic heterocycles. The van der Waals surface area contributed by atoms with Crippen LogP contribution in [0.3, 0.4) is 0 Å². The molecule has 0 saturated heterocycles. The number of esters is 2. The summed E-state index contributed by atoms with van der Waals surface area (Å²) in [6, 6.07) is 0. The average molecular weight is 369 g/mol.